The maximum Gasteiger partial charge on any atom is 0.224 e. The number of nitrogen functional groups attached to an aromatic ring is 1. The van der Waals surface area contributed by atoms with Crippen LogP contribution in [0.4, 0.5) is 5.69 Å². The smallest absolute Gasteiger partial charge is 0.224 e. The summed E-state index contributed by atoms with van der Waals surface area (Å²) < 4.78 is 0. The summed E-state index contributed by atoms with van der Waals surface area (Å²) in [5, 5.41) is 0. The molecule has 4 N–H and O–H groups in total. The third kappa shape index (κ3) is 3.47. The van der Waals surface area contributed by atoms with E-state index in [0.29, 0.717) is 0 Å². The number of primary amides is 1. The number of likely N-dealkylation sites (tertiary alicyclic amines) is 1. The van der Waals surface area contributed by atoms with Gasteiger partial charge < -0.3 is 16.4 Å². The number of rotatable bonds is 5. The van der Waals surface area contributed by atoms with Crippen molar-refractivity contribution in [1.82, 2.24) is 4.90 Å². The molecule has 0 spiro atoms. The van der Waals surface area contributed by atoms with E-state index in [2.05, 4.69) is 11.0 Å². The summed E-state index contributed by atoms with van der Waals surface area (Å²) in [6.07, 6.45) is 2.98. The van der Waals surface area contributed by atoms with Crippen molar-refractivity contribution in [3.8, 4) is 0 Å². The molecular formula is C15H23N3O. The van der Waals surface area contributed by atoms with E-state index >= 15 is 0 Å². The van der Waals surface area contributed by atoms with Crippen LogP contribution in [0, 0.1) is 5.41 Å². The lowest BCUT2D eigenvalue weighted by molar-refractivity contribution is -0.126. The number of aryl methyl sites for hydroxylation is 1. The highest BCUT2D eigenvalue weighted by Gasteiger charge is 2.38. The van der Waals surface area contributed by atoms with Crippen molar-refractivity contribution in [3.63, 3.8) is 0 Å². The van der Waals surface area contributed by atoms with Crippen molar-refractivity contribution in [2.24, 2.45) is 11.1 Å². The predicted molar refractivity (Wildman–Crippen MR) is 77.5 cm³/mol. The molecule has 0 saturated carbocycles. The van der Waals surface area contributed by atoms with Gasteiger partial charge in [-0.25, -0.2) is 0 Å². The summed E-state index contributed by atoms with van der Waals surface area (Å²) in [7, 11) is 0. The van der Waals surface area contributed by atoms with Gasteiger partial charge in [-0.1, -0.05) is 12.1 Å². The molecule has 1 amide bonds. The van der Waals surface area contributed by atoms with E-state index in [1.165, 1.54) is 5.56 Å². The Hall–Kier alpha value is -1.55. The number of carbonyl (C=O) groups excluding carboxylic acids is 1. The Morgan fingerprint density at radius 1 is 1.47 bits per heavy atom. The van der Waals surface area contributed by atoms with Crippen LogP contribution in [-0.4, -0.2) is 30.4 Å². The number of hydrogen-bond donors (Lipinski definition) is 2. The van der Waals surface area contributed by atoms with Gasteiger partial charge in [0.15, 0.2) is 0 Å². The second-order valence-electron chi connectivity index (χ2n) is 5.80. The fourth-order valence-corrected chi connectivity index (χ4v) is 2.70. The first kappa shape index (κ1) is 13.9. The molecule has 0 aliphatic carbocycles. The lowest BCUT2D eigenvalue weighted by Gasteiger charge is -2.20. The van der Waals surface area contributed by atoms with Crippen LogP contribution in [0.3, 0.4) is 0 Å². The highest BCUT2D eigenvalue weighted by atomic mass is 16.1. The lowest BCUT2D eigenvalue weighted by atomic mass is 9.89. The average Bonchev–Trinajstić information content (AvgIpc) is 2.73. The quantitative estimate of drug-likeness (QED) is 0.787. The Labute approximate surface area is 114 Å². The van der Waals surface area contributed by atoms with E-state index in [-0.39, 0.29) is 11.3 Å². The van der Waals surface area contributed by atoms with Crippen LogP contribution in [0.15, 0.2) is 24.3 Å². The lowest BCUT2D eigenvalue weighted by Crippen LogP contribution is -2.37. The molecule has 1 aromatic carbocycles. The molecule has 19 heavy (non-hydrogen) atoms. The number of amides is 1. The summed E-state index contributed by atoms with van der Waals surface area (Å²) in [4.78, 5) is 13.7. The molecule has 1 atom stereocenters. The molecule has 1 aliphatic heterocycles. The van der Waals surface area contributed by atoms with Crippen LogP contribution in [0.1, 0.15) is 25.3 Å². The second kappa shape index (κ2) is 5.61. The maximum absolute atomic E-state index is 11.4. The van der Waals surface area contributed by atoms with Crippen molar-refractivity contribution in [2.75, 3.05) is 25.4 Å². The first-order valence-electron chi connectivity index (χ1n) is 6.86. The van der Waals surface area contributed by atoms with Gasteiger partial charge in [0.1, 0.15) is 0 Å². The Kier molecular flexibility index (Phi) is 4.10. The largest absolute Gasteiger partial charge is 0.399 e. The fraction of sp³-hybridized carbons (Fsp3) is 0.533. The molecule has 1 aliphatic rings. The van der Waals surface area contributed by atoms with Gasteiger partial charge in [0.25, 0.3) is 0 Å². The number of hydrogen-bond acceptors (Lipinski definition) is 3. The van der Waals surface area contributed by atoms with Crippen molar-refractivity contribution in [3.05, 3.63) is 29.8 Å². The molecule has 0 bridgehead atoms. The summed E-state index contributed by atoms with van der Waals surface area (Å²) in [6, 6.07) is 8.03. The molecular weight excluding hydrogens is 238 g/mol. The van der Waals surface area contributed by atoms with Gasteiger partial charge in [0.2, 0.25) is 5.91 Å². The third-order valence-electron chi connectivity index (χ3n) is 4.04. The standard InChI is InChI=1S/C15H23N3O/c1-15(14(17)19)7-9-18(11-15)8-3-5-12-4-2-6-13(16)10-12/h2,4,6,10H,3,5,7-9,11,16H2,1H3,(H2,17,19). The Morgan fingerprint density at radius 3 is 2.89 bits per heavy atom. The molecule has 4 heteroatoms. The number of benzene rings is 1. The van der Waals surface area contributed by atoms with E-state index in [4.69, 9.17) is 11.5 Å². The van der Waals surface area contributed by atoms with Crippen molar-refractivity contribution < 1.29 is 4.79 Å². The Bertz CT molecular complexity index is 460. The van der Waals surface area contributed by atoms with Crippen LogP contribution < -0.4 is 11.5 Å². The fourth-order valence-electron chi connectivity index (χ4n) is 2.70. The van der Waals surface area contributed by atoms with Gasteiger partial charge >= 0.3 is 0 Å². The zero-order valence-electron chi connectivity index (χ0n) is 11.6. The summed E-state index contributed by atoms with van der Waals surface area (Å²) >= 11 is 0. The second-order valence-corrected chi connectivity index (χ2v) is 5.80. The first-order chi connectivity index (χ1) is 8.99. The molecule has 1 unspecified atom stereocenters. The number of nitrogens with two attached hydrogens (primary N) is 2. The summed E-state index contributed by atoms with van der Waals surface area (Å²) in [5.74, 6) is -0.175. The number of anilines is 1. The van der Waals surface area contributed by atoms with E-state index in [9.17, 15) is 4.79 Å². The monoisotopic (exact) mass is 261 g/mol. The minimum Gasteiger partial charge on any atom is -0.399 e. The van der Waals surface area contributed by atoms with Gasteiger partial charge in [0.05, 0.1) is 5.41 Å². The molecule has 1 aromatic rings. The van der Waals surface area contributed by atoms with Crippen LogP contribution in [0.25, 0.3) is 0 Å². The van der Waals surface area contributed by atoms with Gasteiger partial charge in [-0.2, -0.15) is 0 Å². The van der Waals surface area contributed by atoms with Crippen LogP contribution in [0.2, 0.25) is 0 Å². The molecule has 1 heterocycles. The van der Waals surface area contributed by atoms with Gasteiger partial charge in [-0.3, -0.25) is 4.79 Å². The normalized spacial score (nSPS) is 23.6. The molecule has 0 aromatic heterocycles. The number of carbonyl (C=O) groups is 1. The van der Waals surface area contributed by atoms with Crippen molar-refractivity contribution in [2.45, 2.75) is 26.2 Å². The highest BCUT2D eigenvalue weighted by Crippen LogP contribution is 2.29. The predicted octanol–water partition coefficient (Wildman–Crippen LogP) is 1.40. The zero-order chi connectivity index (χ0) is 13.9. The summed E-state index contributed by atoms with van der Waals surface area (Å²) in [6.45, 7) is 4.74. The summed E-state index contributed by atoms with van der Waals surface area (Å²) in [5.41, 5.74) is 13.0. The Morgan fingerprint density at radius 2 is 2.26 bits per heavy atom. The van der Waals surface area contributed by atoms with Gasteiger partial charge in [-0.15, -0.1) is 0 Å². The molecule has 0 radical (unpaired) electrons. The van der Waals surface area contributed by atoms with Gasteiger partial charge in [-0.05, 0) is 57.0 Å². The third-order valence-corrected chi connectivity index (χ3v) is 4.04. The molecule has 1 saturated heterocycles. The first-order valence-corrected chi connectivity index (χ1v) is 6.86. The molecule has 1 fully saturated rings. The van der Waals surface area contributed by atoms with E-state index in [1.807, 2.05) is 25.1 Å². The van der Waals surface area contributed by atoms with Crippen LogP contribution in [-0.2, 0) is 11.2 Å². The molecule has 104 valence electrons. The van der Waals surface area contributed by atoms with Crippen molar-refractivity contribution >= 4 is 11.6 Å². The SMILES string of the molecule is CC1(C(N)=O)CCN(CCCc2cccc(N)c2)C1. The van der Waals surface area contributed by atoms with E-state index in [1.54, 1.807) is 0 Å². The average molecular weight is 261 g/mol. The van der Waals surface area contributed by atoms with Gasteiger partial charge in [0, 0.05) is 12.2 Å². The minimum atomic E-state index is -0.336. The zero-order valence-corrected chi connectivity index (χ0v) is 11.6. The Balaban J connectivity index is 1.77. The maximum atomic E-state index is 11.4. The van der Waals surface area contributed by atoms with E-state index < -0.39 is 0 Å². The topological polar surface area (TPSA) is 72.4 Å². The molecule has 2 rings (SSSR count). The van der Waals surface area contributed by atoms with Crippen LogP contribution >= 0.6 is 0 Å². The highest BCUT2D eigenvalue weighted by molar-refractivity contribution is 5.81. The van der Waals surface area contributed by atoms with Crippen LogP contribution in [0.5, 0.6) is 0 Å². The minimum absolute atomic E-state index is 0.175. The number of nitrogens with zero attached hydrogens (tertiary/aromatic N) is 1. The van der Waals surface area contributed by atoms with Crippen molar-refractivity contribution in [1.29, 1.82) is 0 Å². The van der Waals surface area contributed by atoms with E-state index in [0.717, 1.165) is 44.6 Å². The molecule has 4 nitrogen and oxygen atoms in total.